The van der Waals surface area contributed by atoms with Gasteiger partial charge in [-0.2, -0.15) is 0 Å². The Morgan fingerprint density at radius 3 is 1.75 bits per heavy atom. The number of para-hydroxylation sites is 3. The molecule has 0 spiro atoms. The summed E-state index contributed by atoms with van der Waals surface area (Å²) in [7, 11) is 0. The van der Waals surface area contributed by atoms with Crippen LogP contribution in [0.4, 0.5) is 17.1 Å². The molecule has 9 aromatic carbocycles. The van der Waals surface area contributed by atoms with Gasteiger partial charge in [0.2, 0.25) is 0 Å². The number of hydrogen-bond acceptors (Lipinski definition) is 3. The molecule has 0 radical (unpaired) electrons. The van der Waals surface area contributed by atoms with Gasteiger partial charge in [0.15, 0.2) is 0 Å². The summed E-state index contributed by atoms with van der Waals surface area (Å²) in [6.45, 7) is 0. The minimum atomic E-state index is 0.844. The highest BCUT2D eigenvalue weighted by molar-refractivity contribution is 6.15. The Kier molecular flexibility index (Phi) is 7.17. The number of rotatable bonds is 6. The van der Waals surface area contributed by atoms with Crippen molar-refractivity contribution in [1.29, 1.82) is 0 Å². The maximum absolute atomic E-state index is 6.52. The molecule has 0 saturated carbocycles. The Morgan fingerprint density at radius 2 is 0.855 bits per heavy atom. The van der Waals surface area contributed by atoms with Gasteiger partial charge in [-0.3, -0.25) is 0 Å². The standard InChI is InChI=1S/C52H33NO2/c1-2-14-35(15-3-1)41-30-28-36(39-22-12-17-34-16-4-5-18-38(34)39)32-47(41)53(46-24-13-27-50-52(46)44-21-8-11-26-49(44)54-50)45-23-9-6-19-40(45)37-29-31-43-42-20-7-10-25-48(42)55-51(43)33-37/h1-33H. The fourth-order valence-corrected chi connectivity index (χ4v) is 8.36. The fourth-order valence-electron chi connectivity index (χ4n) is 8.36. The Morgan fingerprint density at radius 1 is 0.291 bits per heavy atom. The maximum atomic E-state index is 6.52. The summed E-state index contributed by atoms with van der Waals surface area (Å²) in [6, 6.07) is 71.1. The number of furan rings is 2. The van der Waals surface area contributed by atoms with Gasteiger partial charge in [-0.25, -0.2) is 0 Å². The van der Waals surface area contributed by atoms with Crippen LogP contribution in [0.1, 0.15) is 0 Å². The van der Waals surface area contributed by atoms with Gasteiger partial charge in [-0.15, -0.1) is 0 Å². The van der Waals surface area contributed by atoms with E-state index in [4.69, 9.17) is 8.83 Å². The molecule has 0 N–H and O–H groups in total. The first-order chi connectivity index (χ1) is 27.3. The van der Waals surface area contributed by atoms with E-state index in [1.54, 1.807) is 0 Å². The summed E-state index contributed by atoms with van der Waals surface area (Å²) in [5.74, 6) is 0. The number of benzene rings is 9. The van der Waals surface area contributed by atoms with Gasteiger partial charge in [0, 0.05) is 27.3 Å². The fraction of sp³-hybridized carbons (Fsp3) is 0. The molecule has 0 fully saturated rings. The van der Waals surface area contributed by atoms with Crippen molar-refractivity contribution in [2.75, 3.05) is 4.90 Å². The van der Waals surface area contributed by atoms with Crippen molar-refractivity contribution in [3.63, 3.8) is 0 Å². The third-order valence-corrected chi connectivity index (χ3v) is 10.9. The highest BCUT2D eigenvalue weighted by Crippen LogP contribution is 2.50. The van der Waals surface area contributed by atoms with Gasteiger partial charge in [0.05, 0.1) is 22.4 Å². The topological polar surface area (TPSA) is 29.5 Å². The SMILES string of the molecule is c1ccc(-c2ccc(-c3cccc4ccccc34)cc2N(c2ccccc2-c2ccc3c(c2)oc2ccccc23)c2cccc3oc4ccccc4c23)cc1. The summed E-state index contributed by atoms with van der Waals surface area (Å²) in [5, 5.41) is 6.80. The summed E-state index contributed by atoms with van der Waals surface area (Å²) >= 11 is 0. The van der Waals surface area contributed by atoms with Gasteiger partial charge in [-0.05, 0) is 81.6 Å². The van der Waals surface area contributed by atoms with Crippen molar-refractivity contribution in [2.24, 2.45) is 0 Å². The van der Waals surface area contributed by atoms with Crippen molar-refractivity contribution in [1.82, 2.24) is 0 Å². The molecule has 55 heavy (non-hydrogen) atoms. The van der Waals surface area contributed by atoms with E-state index in [-0.39, 0.29) is 0 Å². The molecular weight excluding hydrogens is 671 g/mol. The molecule has 258 valence electrons. The van der Waals surface area contributed by atoms with E-state index >= 15 is 0 Å². The van der Waals surface area contributed by atoms with Crippen molar-refractivity contribution < 1.29 is 8.83 Å². The molecule has 2 heterocycles. The smallest absolute Gasteiger partial charge is 0.137 e. The predicted molar refractivity (Wildman–Crippen MR) is 229 cm³/mol. The first-order valence-corrected chi connectivity index (χ1v) is 18.7. The largest absolute Gasteiger partial charge is 0.456 e. The Bertz CT molecular complexity index is 3220. The van der Waals surface area contributed by atoms with Crippen LogP contribution in [0.25, 0.3) is 88.0 Å². The summed E-state index contributed by atoms with van der Waals surface area (Å²) in [6.07, 6.45) is 0. The molecule has 11 aromatic rings. The second-order valence-electron chi connectivity index (χ2n) is 14.0. The average Bonchev–Trinajstić information content (AvgIpc) is 3.83. The number of nitrogens with zero attached hydrogens (tertiary/aromatic N) is 1. The summed E-state index contributed by atoms with van der Waals surface area (Å²) in [5.41, 5.74) is 13.4. The summed E-state index contributed by atoms with van der Waals surface area (Å²) < 4.78 is 13.0. The second-order valence-corrected chi connectivity index (χ2v) is 14.0. The molecule has 3 heteroatoms. The highest BCUT2D eigenvalue weighted by atomic mass is 16.3. The monoisotopic (exact) mass is 703 g/mol. The normalized spacial score (nSPS) is 11.6. The molecule has 2 aromatic heterocycles. The average molecular weight is 704 g/mol. The lowest BCUT2D eigenvalue weighted by Gasteiger charge is -2.31. The van der Waals surface area contributed by atoms with Crippen molar-refractivity contribution in [3.8, 4) is 33.4 Å². The van der Waals surface area contributed by atoms with Gasteiger partial charge in [0.1, 0.15) is 22.3 Å². The van der Waals surface area contributed by atoms with Crippen molar-refractivity contribution in [2.45, 2.75) is 0 Å². The molecule has 0 unspecified atom stereocenters. The number of anilines is 3. The van der Waals surface area contributed by atoms with Crippen LogP contribution >= 0.6 is 0 Å². The Labute approximate surface area is 317 Å². The predicted octanol–water partition coefficient (Wildman–Crippen LogP) is 15.1. The van der Waals surface area contributed by atoms with Crippen LogP contribution in [0, 0.1) is 0 Å². The van der Waals surface area contributed by atoms with Crippen LogP contribution in [0.2, 0.25) is 0 Å². The number of fused-ring (bicyclic) bond motifs is 7. The van der Waals surface area contributed by atoms with Gasteiger partial charge >= 0.3 is 0 Å². The molecule has 0 amide bonds. The van der Waals surface area contributed by atoms with E-state index in [2.05, 4.69) is 187 Å². The Hall–Kier alpha value is -7.36. The van der Waals surface area contributed by atoms with Crippen molar-refractivity contribution >= 4 is 71.7 Å². The van der Waals surface area contributed by atoms with Crippen LogP contribution in [0.5, 0.6) is 0 Å². The lowest BCUT2D eigenvalue weighted by molar-refractivity contribution is 0.668. The molecular formula is C52H33NO2. The minimum Gasteiger partial charge on any atom is -0.456 e. The first-order valence-electron chi connectivity index (χ1n) is 18.7. The van der Waals surface area contributed by atoms with Gasteiger partial charge in [-0.1, -0.05) is 152 Å². The van der Waals surface area contributed by atoms with Gasteiger partial charge < -0.3 is 13.7 Å². The second kappa shape index (κ2) is 12.6. The molecule has 0 aliphatic rings. The maximum Gasteiger partial charge on any atom is 0.137 e. The van der Waals surface area contributed by atoms with Crippen LogP contribution < -0.4 is 4.90 Å². The molecule has 3 nitrogen and oxygen atoms in total. The lowest BCUT2D eigenvalue weighted by atomic mass is 9.93. The van der Waals surface area contributed by atoms with E-state index < -0.39 is 0 Å². The Balaban J connectivity index is 1.23. The van der Waals surface area contributed by atoms with E-state index in [1.807, 2.05) is 18.2 Å². The zero-order chi connectivity index (χ0) is 36.3. The molecule has 11 rings (SSSR count). The van der Waals surface area contributed by atoms with E-state index in [1.165, 1.54) is 16.3 Å². The van der Waals surface area contributed by atoms with E-state index in [0.29, 0.717) is 0 Å². The van der Waals surface area contributed by atoms with Crippen molar-refractivity contribution in [3.05, 3.63) is 200 Å². The van der Waals surface area contributed by atoms with Crippen LogP contribution in [0.15, 0.2) is 209 Å². The van der Waals surface area contributed by atoms with E-state index in [9.17, 15) is 0 Å². The van der Waals surface area contributed by atoms with E-state index in [0.717, 1.165) is 88.8 Å². The summed E-state index contributed by atoms with van der Waals surface area (Å²) in [4.78, 5) is 2.44. The third-order valence-electron chi connectivity index (χ3n) is 10.9. The highest BCUT2D eigenvalue weighted by Gasteiger charge is 2.25. The zero-order valence-electron chi connectivity index (χ0n) is 29.8. The quantitative estimate of drug-likeness (QED) is 0.173. The zero-order valence-corrected chi connectivity index (χ0v) is 29.8. The molecule has 0 atom stereocenters. The molecule has 0 aliphatic carbocycles. The van der Waals surface area contributed by atoms with Crippen LogP contribution in [0.3, 0.4) is 0 Å². The first kappa shape index (κ1) is 31.2. The lowest BCUT2D eigenvalue weighted by Crippen LogP contribution is -2.13. The number of hydrogen-bond donors (Lipinski definition) is 0. The molecule has 0 aliphatic heterocycles. The minimum absolute atomic E-state index is 0.844. The molecule has 0 saturated heterocycles. The van der Waals surface area contributed by atoms with Crippen LogP contribution in [-0.4, -0.2) is 0 Å². The third kappa shape index (κ3) is 5.13. The van der Waals surface area contributed by atoms with Crippen LogP contribution in [-0.2, 0) is 0 Å². The van der Waals surface area contributed by atoms with Gasteiger partial charge in [0.25, 0.3) is 0 Å². The molecule has 0 bridgehead atoms.